The lowest BCUT2D eigenvalue weighted by atomic mass is 10.6. The first-order chi connectivity index (χ1) is 4.52. The first-order valence-corrected chi connectivity index (χ1v) is 4.71. The first-order valence-electron chi connectivity index (χ1n) is 2.39. The van der Waals surface area contributed by atoms with Crippen LogP contribution in [0.1, 0.15) is 5.69 Å². The van der Waals surface area contributed by atoms with Gasteiger partial charge in [0.05, 0.1) is 11.2 Å². The van der Waals surface area contributed by atoms with E-state index in [0.717, 1.165) is 11.3 Å². The van der Waals surface area contributed by atoms with E-state index in [0.29, 0.717) is 5.69 Å². The van der Waals surface area contributed by atoms with E-state index >= 15 is 0 Å². The van der Waals surface area contributed by atoms with Crippen molar-refractivity contribution < 1.29 is 13.0 Å². The third-order valence-electron chi connectivity index (χ3n) is 0.936. The van der Waals surface area contributed by atoms with E-state index in [-0.39, 0.29) is 16.6 Å². The summed E-state index contributed by atoms with van der Waals surface area (Å²) < 4.78 is 29.3. The molecule has 0 unspecified atom stereocenters. The second kappa shape index (κ2) is 3.48. The number of aromatic nitrogens is 1. The molecule has 0 aliphatic rings. The Morgan fingerprint density at radius 2 is 2.18 bits per heavy atom. The molecule has 0 saturated heterocycles. The summed E-state index contributed by atoms with van der Waals surface area (Å²) in [5.41, 5.74) is 1.71. The molecule has 1 aromatic rings. The van der Waals surface area contributed by atoms with Crippen LogP contribution >= 0.6 is 23.7 Å². The fraction of sp³-hybridized carbons (Fsp3) is 0.250. The van der Waals surface area contributed by atoms with Crippen LogP contribution in [-0.2, 0) is 10.1 Å². The molecule has 11 heavy (non-hydrogen) atoms. The lowest BCUT2D eigenvalue weighted by Crippen LogP contribution is -1.96. The number of nitrogens with zero attached hydrogens (tertiary/aromatic N) is 1. The molecular formula is C4H6ClNO3S2. The van der Waals surface area contributed by atoms with Crippen molar-refractivity contribution in [2.24, 2.45) is 0 Å². The van der Waals surface area contributed by atoms with Gasteiger partial charge in [0.2, 0.25) is 0 Å². The van der Waals surface area contributed by atoms with Crippen LogP contribution in [0.3, 0.4) is 0 Å². The van der Waals surface area contributed by atoms with Gasteiger partial charge in [-0.2, -0.15) is 8.42 Å². The molecule has 4 nitrogen and oxygen atoms in total. The van der Waals surface area contributed by atoms with Gasteiger partial charge in [0.1, 0.15) is 0 Å². The molecule has 0 atom stereocenters. The third-order valence-corrected chi connectivity index (χ3v) is 3.34. The van der Waals surface area contributed by atoms with Gasteiger partial charge in [0, 0.05) is 0 Å². The summed E-state index contributed by atoms with van der Waals surface area (Å²) in [5.74, 6) is 0. The topological polar surface area (TPSA) is 67.3 Å². The summed E-state index contributed by atoms with van der Waals surface area (Å²) in [4.78, 5) is 3.66. The van der Waals surface area contributed by atoms with Gasteiger partial charge in [-0.15, -0.1) is 23.7 Å². The van der Waals surface area contributed by atoms with Gasteiger partial charge in [-0.1, -0.05) is 0 Å². The maximum absolute atomic E-state index is 10.4. The molecule has 0 aliphatic heterocycles. The second-order valence-corrected chi connectivity index (χ2v) is 4.17. The van der Waals surface area contributed by atoms with Crippen LogP contribution < -0.4 is 0 Å². The third kappa shape index (κ3) is 2.41. The highest BCUT2D eigenvalue weighted by atomic mass is 35.5. The number of thiazole rings is 1. The van der Waals surface area contributed by atoms with Crippen LogP contribution in [0.2, 0.25) is 0 Å². The zero-order chi connectivity index (χ0) is 7.78. The van der Waals surface area contributed by atoms with Crippen molar-refractivity contribution in [3.8, 4) is 0 Å². The molecule has 1 N–H and O–H groups in total. The summed E-state index contributed by atoms with van der Waals surface area (Å²) in [6.07, 6.45) is 0. The molecule has 1 rings (SSSR count). The predicted molar refractivity (Wildman–Crippen MR) is 43.9 cm³/mol. The smallest absolute Gasteiger partial charge is 0.281 e. The Labute approximate surface area is 74.4 Å². The summed E-state index contributed by atoms with van der Waals surface area (Å²) in [6.45, 7) is 1.53. The van der Waals surface area contributed by atoms with E-state index in [4.69, 9.17) is 4.55 Å². The van der Waals surface area contributed by atoms with E-state index < -0.39 is 10.1 Å². The van der Waals surface area contributed by atoms with Crippen LogP contribution in [0.25, 0.3) is 0 Å². The standard InChI is InChI=1S/C4H5NO3S2.ClH/c1-3-4(9-2-5-3)10(6,7)8;/h2H,1H3,(H,6,7,8);1H. The molecule has 0 spiro atoms. The number of hydrogen-bond donors (Lipinski definition) is 1. The second-order valence-electron chi connectivity index (χ2n) is 1.70. The summed E-state index contributed by atoms with van der Waals surface area (Å²) in [6, 6.07) is 0. The number of aryl methyl sites for hydroxylation is 1. The molecule has 64 valence electrons. The fourth-order valence-corrected chi connectivity index (χ4v) is 2.11. The molecule has 1 heterocycles. The lowest BCUT2D eigenvalue weighted by Gasteiger charge is -1.89. The Morgan fingerprint density at radius 3 is 2.36 bits per heavy atom. The van der Waals surface area contributed by atoms with Crippen molar-refractivity contribution in [1.29, 1.82) is 0 Å². The number of halogens is 1. The van der Waals surface area contributed by atoms with E-state index in [2.05, 4.69) is 4.98 Å². The zero-order valence-corrected chi connectivity index (χ0v) is 7.96. The van der Waals surface area contributed by atoms with Crippen LogP contribution in [0, 0.1) is 6.92 Å². The maximum Gasteiger partial charge on any atom is 0.305 e. The van der Waals surface area contributed by atoms with Gasteiger partial charge in [0.15, 0.2) is 4.21 Å². The Hall–Kier alpha value is -0.170. The largest absolute Gasteiger partial charge is 0.305 e. The van der Waals surface area contributed by atoms with Gasteiger partial charge >= 0.3 is 10.1 Å². The van der Waals surface area contributed by atoms with Crippen LogP contribution in [0.4, 0.5) is 0 Å². The molecule has 7 heteroatoms. The molecule has 0 amide bonds. The Kier molecular flexibility index (Phi) is 3.43. The SMILES string of the molecule is Cc1ncsc1S(=O)(=O)O.Cl. The van der Waals surface area contributed by atoms with Crippen molar-refractivity contribution in [2.75, 3.05) is 0 Å². The highest BCUT2D eigenvalue weighted by molar-refractivity contribution is 7.88. The molecular weight excluding hydrogens is 210 g/mol. The van der Waals surface area contributed by atoms with Gasteiger partial charge in [-0.05, 0) is 6.92 Å². The molecule has 0 fully saturated rings. The van der Waals surface area contributed by atoms with Crippen molar-refractivity contribution in [2.45, 2.75) is 11.1 Å². The van der Waals surface area contributed by atoms with Crippen LogP contribution in [0.5, 0.6) is 0 Å². The number of rotatable bonds is 1. The molecule has 0 aliphatic carbocycles. The summed E-state index contributed by atoms with van der Waals surface area (Å²) in [7, 11) is -4.03. The monoisotopic (exact) mass is 215 g/mol. The highest BCUT2D eigenvalue weighted by Crippen LogP contribution is 2.17. The van der Waals surface area contributed by atoms with Crippen LogP contribution in [-0.4, -0.2) is 18.0 Å². The van der Waals surface area contributed by atoms with Crippen LogP contribution in [0.15, 0.2) is 9.72 Å². The van der Waals surface area contributed by atoms with Gasteiger partial charge < -0.3 is 0 Å². The average molecular weight is 216 g/mol. The molecule has 0 aromatic carbocycles. The Bertz CT molecular complexity index is 331. The quantitative estimate of drug-likeness (QED) is 0.713. The molecule has 0 saturated carbocycles. The predicted octanol–water partition coefficient (Wildman–Crippen LogP) is 1.12. The molecule has 0 radical (unpaired) electrons. The van der Waals surface area contributed by atoms with Crippen molar-refractivity contribution in [3.63, 3.8) is 0 Å². The molecule has 1 aromatic heterocycles. The minimum absolute atomic E-state index is 0. The first kappa shape index (κ1) is 10.8. The minimum Gasteiger partial charge on any atom is -0.281 e. The maximum atomic E-state index is 10.4. The van der Waals surface area contributed by atoms with Gasteiger partial charge in [-0.3, -0.25) is 4.55 Å². The van der Waals surface area contributed by atoms with Gasteiger partial charge in [-0.25, -0.2) is 4.98 Å². The number of hydrogen-bond acceptors (Lipinski definition) is 4. The Morgan fingerprint density at radius 1 is 1.64 bits per heavy atom. The van der Waals surface area contributed by atoms with Gasteiger partial charge in [0.25, 0.3) is 0 Å². The highest BCUT2D eigenvalue weighted by Gasteiger charge is 2.14. The summed E-state index contributed by atoms with van der Waals surface area (Å²) in [5, 5.41) is 0. The van der Waals surface area contributed by atoms with E-state index in [1.165, 1.54) is 12.4 Å². The zero-order valence-electron chi connectivity index (χ0n) is 5.51. The minimum atomic E-state index is -4.03. The fourth-order valence-electron chi connectivity index (χ4n) is 0.539. The Balaban J connectivity index is 0.000001000. The van der Waals surface area contributed by atoms with E-state index in [9.17, 15) is 8.42 Å². The normalized spacial score (nSPS) is 10.7. The van der Waals surface area contributed by atoms with Crippen molar-refractivity contribution in [3.05, 3.63) is 11.2 Å². The summed E-state index contributed by atoms with van der Waals surface area (Å²) >= 11 is 0.907. The average Bonchev–Trinajstić information content (AvgIpc) is 2.11. The molecule has 0 bridgehead atoms. The van der Waals surface area contributed by atoms with Crippen molar-refractivity contribution >= 4 is 33.9 Å². The van der Waals surface area contributed by atoms with Crippen molar-refractivity contribution in [1.82, 2.24) is 4.98 Å². The lowest BCUT2D eigenvalue weighted by molar-refractivity contribution is 0.485. The van der Waals surface area contributed by atoms with E-state index in [1.54, 1.807) is 0 Å². The van der Waals surface area contributed by atoms with E-state index in [1.807, 2.05) is 0 Å².